The van der Waals surface area contributed by atoms with E-state index < -0.39 is 0 Å². The lowest BCUT2D eigenvalue weighted by atomic mass is 10.2. The largest absolute Gasteiger partial charge is 0.494 e. The third kappa shape index (κ3) is 6.31. The Morgan fingerprint density at radius 2 is 1.93 bits per heavy atom. The van der Waals surface area contributed by atoms with Crippen LogP contribution in [0.4, 0.5) is 5.82 Å². The van der Waals surface area contributed by atoms with Gasteiger partial charge in [0.05, 0.1) is 6.61 Å². The van der Waals surface area contributed by atoms with Gasteiger partial charge in [0.1, 0.15) is 11.6 Å². The molecule has 0 aliphatic heterocycles. The number of amides is 1. The van der Waals surface area contributed by atoms with Gasteiger partial charge in [0.2, 0.25) is 0 Å². The molecule has 3 rings (SSSR count). The monoisotopic (exact) mass is 394 g/mol. The zero-order valence-corrected chi connectivity index (χ0v) is 16.5. The minimum absolute atomic E-state index is 0.121. The van der Waals surface area contributed by atoms with Gasteiger partial charge >= 0.3 is 0 Å². The predicted octanol–water partition coefficient (Wildman–Crippen LogP) is 3.07. The molecule has 8 nitrogen and oxygen atoms in total. The van der Waals surface area contributed by atoms with Crippen LogP contribution in [0.15, 0.2) is 54.9 Å². The first-order valence-corrected chi connectivity index (χ1v) is 9.85. The van der Waals surface area contributed by atoms with Crippen molar-refractivity contribution in [3.8, 4) is 11.6 Å². The van der Waals surface area contributed by atoms with Gasteiger partial charge in [-0.2, -0.15) is 5.10 Å². The number of carbonyl (C=O) groups is 1. The van der Waals surface area contributed by atoms with Crippen molar-refractivity contribution in [3.05, 3.63) is 60.4 Å². The van der Waals surface area contributed by atoms with Gasteiger partial charge in [-0.15, -0.1) is 10.2 Å². The zero-order valence-electron chi connectivity index (χ0n) is 16.5. The molecule has 29 heavy (non-hydrogen) atoms. The lowest BCUT2D eigenvalue weighted by Crippen LogP contribution is -2.28. The molecule has 1 aromatic carbocycles. The molecule has 2 heterocycles. The van der Waals surface area contributed by atoms with E-state index >= 15 is 0 Å². The molecule has 0 saturated carbocycles. The van der Waals surface area contributed by atoms with Crippen molar-refractivity contribution < 1.29 is 9.53 Å². The van der Waals surface area contributed by atoms with E-state index in [0.717, 1.165) is 18.6 Å². The zero-order chi connectivity index (χ0) is 20.3. The van der Waals surface area contributed by atoms with Gasteiger partial charge in [-0.05, 0) is 48.9 Å². The second-order valence-electron chi connectivity index (χ2n) is 6.49. The first-order chi connectivity index (χ1) is 14.3. The van der Waals surface area contributed by atoms with Crippen LogP contribution in [0.5, 0.6) is 5.75 Å². The molecule has 3 aromatic rings. The number of ether oxygens (including phenoxy) is 1. The van der Waals surface area contributed by atoms with E-state index in [1.807, 2.05) is 30.3 Å². The Labute approximate surface area is 170 Å². The topological polar surface area (TPSA) is 94.0 Å². The van der Waals surface area contributed by atoms with E-state index in [0.29, 0.717) is 36.9 Å². The van der Waals surface area contributed by atoms with Gasteiger partial charge < -0.3 is 15.4 Å². The molecule has 0 aliphatic rings. The average Bonchev–Trinajstić information content (AvgIpc) is 3.30. The Morgan fingerprint density at radius 3 is 2.62 bits per heavy atom. The summed E-state index contributed by atoms with van der Waals surface area (Å²) in [4.78, 5) is 12.2. The number of aromatic nitrogens is 4. The Kier molecular flexibility index (Phi) is 7.56. The summed E-state index contributed by atoms with van der Waals surface area (Å²) < 4.78 is 7.30. The van der Waals surface area contributed by atoms with Crippen LogP contribution in [0, 0.1) is 0 Å². The molecule has 2 N–H and O–H groups in total. The van der Waals surface area contributed by atoms with Crippen LogP contribution < -0.4 is 15.4 Å². The van der Waals surface area contributed by atoms with Crippen LogP contribution in [0.1, 0.15) is 36.5 Å². The minimum Gasteiger partial charge on any atom is -0.494 e. The van der Waals surface area contributed by atoms with E-state index in [9.17, 15) is 4.79 Å². The number of hydrogen-bond acceptors (Lipinski definition) is 6. The highest BCUT2D eigenvalue weighted by atomic mass is 16.5. The summed E-state index contributed by atoms with van der Waals surface area (Å²) in [6.45, 7) is 3.88. The molecule has 0 bridgehead atoms. The smallest absolute Gasteiger partial charge is 0.251 e. The van der Waals surface area contributed by atoms with Crippen molar-refractivity contribution in [1.29, 1.82) is 0 Å². The van der Waals surface area contributed by atoms with Gasteiger partial charge in [-0.3, -0.25) is 4.79 Å². The Balaban J connectivity index is 1.37. The average molecular weight is 394 g/mol. The van der Waals surface area contributed by atoms with Crippen LogP contribution in [-0.4, -0.2) is 45.6 Å². The number of benzene rings is 1. The van der Waals surface area contributed by atoms with Crippen molar-refractivity contribution >= 4 is 11.7 Å². The molecule has 152 valence electrons. The Morgan fingerprint density at radius 1 is 1.07 bits per heavy atom. The molecule has 2 aromatic heterocycles. The molecule has 0 fully saturated rings. The van der Waals surface area contributed by atoms with Crippen molar-refractivity contribution in [2.45, 2.75) is 26.2 Å². The maximum atomic E-state index is 12.2. The molecule has 8 heteroatoms. The normalized spacial score (nSPS) is 10.5. The summed E-state index contributed by atoms with van der Waals surface area (Å²) in [6, 6.07) is 12.7. The number of anilines is 1. The van der Waals surface area contributed by atoms with Gasteiger partial charge in [0.15, 0.2) is 5.82 Å². The first-order valence-electron chi connectivity index (χ1n) is 9.85. The van der Waals surface area contributed by atoms with Gasteiger partial charge in [-0.1, -0.05) is 19.8 Å². The second-order valence-corrected chi connectivity index (χ2v) is 6.49. The predicted molar refractivity (Wildman–Crippen MR) is 111 cm³/mol. The molecule has 0 saturated heterocycles. The van der Waals surface area contributed by atoms with Crippen LogP contribution in [-0.2, 0) is 0 Å². The molecular formula is C21H26N6O2. The molecular weight excluding hydrogens is 368 g/mol. The van der Waals surface area contributed by atoms with Crippen molar-refractivity contribution in [1.82, 2.24) is 25.3 Å². The Hall–Kier alpha value is -3.42. The number of unbranched alkanes of at least 4 members (excludes halogenated alkanes) is 2. The highest BCUT2D eigenvalue weighted by Crippen LogP contribution is 2.13. The van der Waals surface area contributed by atoms with Crippen molar-refractivity contribution in [2.24, 2.45) is 0 Å². The number of nitrogens with one attached hydrogen (secondary N) is 2. The molecule has 0 spiro atoms. The van der Waals surface area contributed by atoms with Crippen LogP contribution in [0.2, 0.25) is 0 Å². The van der Waals surface area contributed by atoms with Crippen LogP contribution in [0.25, 0.3) is 5.82 Å². The fourth-order valence-electron chi connectivity index (χ4n) is 2.66. The SMILES string of the molecule is CCCCCOc1ccc(C(=O)NCCNc2ccc(-n3cccn3)nn2)cc1. The van der Waals surface area contributed by atoms with E-state index in [1.165, 1.54) is 6.42 Å². The first kappa shape index (κ1) is 20.3. The number of nitrogens with zero attached hydrogens (tertiary/aromatic N) is 4. The minimum atomic E-state index is -0.121. The highest BCUT2D eigenvalue weighted by molar-refractivity contribution is 5.94. The quantitative estimate of drug-likeness (QED) is 0.486. The number of hydrogen-bond donors (Lipinski definition) is 2. The number of rotatable bonds is 11. The van der Waals surface area contributed by atoms with E-state index in [2.05, 4.69) is 32.9 Å². The van der Waals surface area contributed by atoms with Gasteiger partial charge in [0.25, 0.3) is 5.91 Å². The fraction of sp³-hybridized carbons (Fsp3) is 0.333. The summed E-state index contributed by atoms with van der Waals surface area (Å²) in [6.07, 6.45) is 6.86. The molecule has 1 amide bonds. The van der Waals surface area contributed by atoms with Gasteiger partial charge in [-0.25, -0.2) is 4.68 Å². The van der Waals surface area contributed by atoms with Gasteiger partial charge in [0, 0.05) is 31.0 Å². The fourth-order valence-corrected chi connectivity index (χ4v) is 2.66. The summed E-state index contributed by atoms with van der Waals surface area (Å²) in [7, 11) is 0. The Bertz CT molecular complexity index is 863. The van der Waals surface area contributed by atoms with E-state index in [4.69, 9.17) is 4.74 Å². The lowest BCUT2D eigenvalue weighted by Gasteiger charge is -2.09. The summed E-state index contributed by atoms with van der Waals surface area (Å²) in [5.41, 5.74) is 0.606. The standard InChI is InChI=1S/C21H26N6O2/c1-2-3-4-16-29-18-8-6-17(7-9-18)21(28)23-14-13-22-19-10-11-20(26-25-19)27-15-5-12-24-27/h5-12,15H,2-4,13-14,16H2,1H3,(H,22,25)(H,23,28). The number of carbonyl (C=O) groups excluding carboxylic acids is 1. The van der Waals surface area contributed by atoms with Crippen molar-refractivity contribution in [2.75, 3.05) is 25.0 Å². The van der Waals surface area contributed by atoms with Crippen LogP contribution >= 0.6 is 0 Å². The second kappa shape index (κ2) is 10.8. The highest BCUT2D eigenvalue weighted by Gasteiger charge is 2.05. The maximum Gasteiger partial charge on any atom is 0.251 e. The summed E-state index contributed by atoms with van der Waals surface area (Å²) in [5, 5.41) is 18.3. The molecule has 0 unspecified atom stereocenters. The summed E-state index contributed by atoms with van der Waals surface area (Å²) in [5.74, 6) is 1.95. The maximum absolute atomic E-state index is 12.2. The van der Waals surface area contributed by atoms with Crippen molar-refractivity contribution in [3.63, 3.8) is 0 Å². The third-order valence-electron chi connectivity index (χ3n) is 4.24. The van der Waals surface area contributed by atoms with E-state index in [-0.39, 0.29) is 5.91 Å². The molecule has 0 aliphatic carbocycles. The van der Waals surface area contributed by atoms with E-state index in [1.54, 1.807) is 29.2 Å². The third-order valence-corrected chi connectivity index (χ3v) is 4.24. The molecule has 0 atom stereocenters. The summed E-state index contributed by atoms with van der Waals surface area (Å²) >= 11 is 0. The molecule has 0 radical (unpaired) electrons. The van der Waals surface area contributed by atoms with Crippen LogP contribution in [0.3, 0.4) is 0 Å². The lowest BCUT2D eigenvalue weighted by molar-refractivity contribution is 0.0955.